The van der Waals surface area contributed by atoms with Gasteiger partial charge in [-0.15, -0.1) is 11.8 Å². The van der Waals surface area contributed by atoms with Crippen molar-refractivity contribution >= 4 is 17.7 Å². The molecule has 0 radical (unpaired) electrons. The Balaban J connectivity index is 2.64. The molecule has 7 heteroatoms. The molecule has 0 heterocycles. The lowest BCUT2D eigenvalue weighted by Crippen LogP contribution is -2.37. The van der Waals surface area contributed by atoms with Gasteiger partial charge >= 0.3 is 12.1 Å². The Bertz CT molecular complexity index is 529. The molecule has 0 aliphatic carbocycles. The molecule has 0 bridgehead atoms. The molecule has 2 N–H and O–H groups in total. The maximum absolute atomic E-state index is 12.1. The maximum atomic E-state index is 12.1. The van der Waals surface area contributed by atoms with Gasteiger partial charge in [0.25, 0.3) is 0 Å². The molecule has 0 spiro atoms. The lowest BCUT2D eigenvalue weighted by atomic mass is 9.85. The first-order chi connectivity index (χ1) is 11.2. The van der Waals surface area contributed by atoms with Crippen molar-refractivity contribution in [2.75, 3.05) is 12.3 Å². The van der Waals surface area contributed by atoms with Crippen LogP contribution in [0.25, 0.3) is 0 Å². The average Bonchev–Trinajstić information content (AvgIpc) is 2.51. The Morgan fingerprint density at radius 1 is 1.21 bits per heavy atom. The third kappa shape index (κ3) is 6.36. The highest BCUT2D eigenvalue weighted by Crippen LogP contribution is 2.33. The number of aliphatic hydroxyl groups is 1. The van der Waals surface area contributed by atoms with Gasteiger partial charge in [0.15, 0.2) is 0 Å². The van der Waals surface area contributed by atoms with Crippen LogP contribution in [0, 0.1) is 0 Å². The highest BCUT2D eigenvalue weighted by molar-refractivity contribution is 7.99. The first-order valence-corrected chi connectivity index (χ1v) is 9.02. The molecular weight excluding hydrogens is 339 g/mol. The van der Waals surface area contributed by atoms with Crippen molar-refractivity contribution in [2.45, 2.75) is 56.2 Å². The van der Waals surface area contributed by atoms with Crippen molar-refractivity contribution in [2.24, 2.45) is 0 Å². The van der Waals surface area contributed by atoms with Gasteiger partial charge in [0.05, 0.1) is 5.60 Å². The summed E-state index contributed by atoms with van der Waals surface area (Å²) in [7, 11) is 0. The summed E-state index contributed by atoms with van der Waals surface area (Å²) in [5.74, 6) is -1.59. The first-order valence-electron chi connectivity index (χ1n) is 8.03. The van der Waals surface area contributed by atoms with Crippen molar-refractivity contribution in [1.29, 1.82) is 0 Å². The number of hydrogen-bond donors (Lipinski definition) is 2. The molecule has 0 unspecified atom stereocenters. The third-order valence-corrected chi connectivity index (χ3v) is 4.61. The number of rotatable bonds is 9. The molecule has 136 valence electrons. The summed E-state index contributed by atoms with van der Waals surface area (Å²) in [4.78, 5) is 11.6. The molecular formula is C17H24F3NO2S. The zero-order valence-electron chi connectivity index (χ0n) is 13.9. The molecule has 0 saturated carbocycles. The van der Waals surface area contributed by atoms with Crippen LogP contribution < -0.4 is 5.32 Å². The van der Waals surface area contributed by atoms with E-state index in [1.807, 2.05) is 43.4 Å². The second-order valence-corrected chi connectivity index (χ2v) is 6.83. The van der Waals surface area contributed by atoms with Crippen LogP contribution in [-0.4, -0.2) is 29.5 Å². The van der Waals surface area contributed by atoms with E-state index in [0.29, 0.717) is 18.6 Å². The summed E-state index contributed by atoms with van der Waals surface area (Å²) in [6.45, 7) is 3.96. The minimum atomic E-state index is -4.85. The number of alkyl halides is 3. The van der Waals surface area contributed by atoms with Gasteiger partial charge in [-0.2, -0.15) is 13.2 Å². The average molecular weight is 363 g/mol. The van der Waals surface area contributed by atoms with Crippen LogP contribution in [0.5, 0.6) is 0 Å². The van der Waals surface area contributed by atoms with Gasteiger partial charge in [-0.3, -0.25) is 4.79 Å². The van der Waals surface area contributed by atoms with E-state index >= 15 is 0 Å². The molecule has 1 aromatic rings. The molecule has 1 amide bonds. The summed E-state index contributed by atoms with van der Waals surface area (Å²) < 4.78 is 36.2. The van der Waals surface area contributed by atoms with Gasteiger partial charge in [-0.25, -0.2) is 0 Å². The number of hydrogen-bond acceptors (Lipinski definition) is 3. The lowest BCUT2D eigenvalue weighted by Gasteiger charge is -2.28. The molecule has 0 saturated heterocycles. The molecule has 1 rings (SSSR count). The molecule has 0 atom stereocenters. The lowest BCUT2D eigenvalue weighted by molar-refractivity contribution is -0.173. The van der Waals surface area contributed by atoms with Crippen LogP contribution >= 0.6 is 11.8 Å². The summed E-state index contributed by atoms with van der Waals surface area (Å²) in [6, 6.07) is 7.43. The van der Waals surface area contributed by atoms with Crippen molar-refractivity contribution in [3.63, 3.8) is 0 Å². The standard InChI is InChI=1S/C17H24F3NO2S/c1-3-8-16(23,9-4-2)13-6-5-7-14(12-13)24-11-10-21-15(22)17(18,19)20/h5-7,12,23H,3-4,8-11H2,1-2H3,(H,21,22). The molecule has 0 aliphatic heterocycles. The smallest absolute Gasteiger partial charge is 0.385 e. The van der Waals surface area contributed by atoms with E-state index in [9.17, 15) is 23.1 Å². The van der Waals surface area contributed by atoms with E-state index in [1.165, 1.54) is 11.8 Å². The third-order valence-electron chi connectivity index (χ3n) is 3.61. The van der Waals surface area contributed by atoms with Crippen LogP contribution in [0.15, 0.2) is 29.2 Å². The molecule has 3 nitrogen and oxygen atoms in total. The molecule has 1 aromatic carbocycles. The highest BCUT2D eigenvalue weighted by Gasteiger charge is 2.38. The fourth-order valence-electron chi connectivity index (χ4n) is 2.55. The minimum Gasteiger partial charge on any atom is -0.385 e. The van der Waals surface area contributed by atoms with Crippen LogP contribution in [0.4, 0.5) is 13.2 Å². The number of halogens is 3. The Morgan fingerprint density at radius 3 is 2.38 bits per heavy atom. The van der Waals surface area contributed by atoms with Crippen LogP contribution in [0.1, 0.15) is 45.1 Å². The zero-order valence-corrected chi connectivity index (χ0v) is 14.8. The van der Waals surface area contributed by atoms with Gasteiger partial charge < -0.3 is 10.4 Å². The van der Waals surface area contributed by atoms with Crippen LogP contribution in [0.3, 0.4) is 0 Å². The predicted molar refractivity (Wildman–Crippen MR) is 89.9 cm³/mol. The van der Waals surface area contributed by atoms with E-state index < -0.39 is 17.7 Å². The Labute approximate surface area is 145 Å². The van der Waals surface area contributed by atoms with Crippen LogP contribution in [-0.2, 0) is 10.4 Å². The number of nitrogens with one attached hydrogen (secondary N) is 1. The van der Waals surface area contributed by atoms with Gasteiger partial charge in [-0.05, 0) is 30.5 Å². The Kier molecular flexibility index (Phi) is 8.09. The summed E-state index contributed by atoms with van der Waals surface area (Å²) in [6.07, 6.45) is -1.80. The van der Waals surface area contributed by atoms with E-state index in [2.05, 4.69) is 0 Å². The topological polar surface area (TPSA) is 49.3 Å². The second kappa shape index (κ2) is 9.32. The SMILES string of the molecule is CCCC(O)(CCC)c1cccc(SCCNC(=O)C(F)(F)F)c1. The quantitative estimate of drug-likeness (QED) is 0.509. The Morgan fingerprint density at radius 2 is 1.83 bits per heavy atom. The Hall–Kier alpha value is -1.21. The van der Waals surface area contributed by atoms with E-state index in [1.54, 1.807) is 0 Å². The number of benzene rings is 1. The van der Waals surface area contributed by atoms with Crippen molar-refractivity contribution in [3.8, 4) is 0 Å². The van der Waals surface area contributed by atoms with E-state index in [-0.39, 0.29) is 6.54 Å². The number of carbonyl (C=O) groups excluding carboxylic acids is 1. The maximum Gasteiger partial charge on any atom is 0.471 e. The fourth-order valence-corrected chi connectivity index (χ4v) is 3.37. The van der Waals surface area contributed by atoms with Gasteiger partial charge in [0, 0.05) is 17.2 Å². The van der Waals surface area contributed by atoms with Crippen LogP contribution in [0.2, 0.25) is 0 Å². The minimum absolute atomic E-state index is 0.0680. The van der Waals surface area contributed by atoms with Crippen molar-refractivity contribution in [3.05, 3.63) is 29.8 Å². The molecule has 0 aliphatic rings. The van der Waals surface area contributed by atoms with Gasteiger partial charge in [-0.1, -0.05) is 38.8 Å². The summed E-state index contributed by atoms with van der Waals surface area (Å²) >= 11 is 1.35. The zero-order chi connectivity index (χ0) is 18.2. The fraction of sp³-hybridized carbons (Fsp3) is 0.588. The molecule has 24 heavy (non-hydrogen) atoms. The highest BCUT2D eigenvalue weighted by atomic mass is 32.2. The monoisotopic (exact) mass is 363 g/mol. The summed E-state index contributed by atoms with van der Waals surface area (Å²) in [5, 5.41) is 12.7. The molecule has 0 fully saturated rings. The molecule has 0 aromatic heterocycles. The second-order valence-electron chi connectivity index (χ2n) is 5.66. The number of amides is 1. The van der Waals surface area contributed by atoms with Crippen molar-refractivity contribution < 1.29 is 23.1 Å². The summed E-state index contributed by atoms with van der Waals surface area (Å²) in [5.41, 5.74) is -0.0413. The number of carbonyl (C=O) groups is 1. The van der Waals surface area contributed by atoms with E-state index in [4.69, 9.17) is 0 Å². The first kappa shape index (κ1) is 20.8. The van der Waals surface area contributed by atoms with E-state index in [0.717, 1.165) is 23.3 Å². The van der Waals surface area contributed by atoms with Gasteiger partial charge in [0.2, 0.25) is 0 Å². The van der Waals surface area contributed by atoms with Crippen molar-refractivity contribution in [1.82, 2.24) is 5.32 Å². The largest absolute Gasteiger partial charge is 0.471 e. The predicted octanol–water partition coefficient (Wildman–Crippen LogP) is 4.25. The normalized spacial score (nSPS) is 12.2. The van der Waals surface area contributed by atoms with Gasteiger partial charge in [0.1, 0.15) is 0 Å². The number of thioether (sulfide) groups is 1.